The molecular formula is C22H28N2O. The van der Waals surface area contributed by atoms with Crippen molar-refractivity contribution in [3.63, 3.8) is 0 Å². The van der Waals surface area contributed by atoms with E-state index in [-0.39, 0.29) is 0 Å². The highest BCUT2D eigenvalue weighted by atomic mass is 16.5. The van der Waals surface area contributed by atoms with Gasteiger partial charge in [0.25, 0.3) is 0 Å². The third kappa shape index (κ3) is 5.18. The van der Waals surface area contributed by atoms with Crippen LogP contribution in [0, 0.1) is 0 Å². The van der Waals surface area contributed by atoms with Crippen LogP contribution in [0.1, 0.15) is 30.0 Å². The second-order valence-electron chi connectivity index (χ2n) is 6.51. The van der Waals surface area contributed by atoms with Gasteiger partial charge in [-0.15, -0.1) is 6.58 Å². The lowest BCUT2D eigenvalue weighted by atomic mass is 9.99. The Hall–Kier alpha value is -2.10. The molecule has 1 fully saturated rings. The third-order valence-electron chi connectivity index (χ3n) is 4.75. The van der Waals surface area contributed by atoms with Crippen molar-refractivity contribution >= 4 is 0 Å². The molecule has 0 bridgehead atoms. The highest BCUT2D eigenvalue weighted by Gasteiger charge is 2.21. The van der Waals surface area contributed by atoms with Crippen molar-refractivity contribution in [2.75, 3.05) is 26.2 Å². The second-order valence-corrected chi connectivity index (χ2v) is 6.51. The first-order chi connectivity index (χ1) is 12.4. The maximum atomic E-state index is 5.91. The fourth-order valence-corrected chi connectivity index (χ4v) is 3.36. The van der Waals surface area contributed by atoms with Gasteiger partial charge >= 0.3 is 0 Å². The number of nitrogens with one attached hydrogen (secondary N) is 1. The van der Waals surface area contributed by atoms with Crippen LogP contribution in [0.5, 0.6) is 5.75 Å². The first-order valence-corrected chi connectivity index (χ1v) is 9.19. The molecule has 0 aromatic heterocycles. The van der Waals surface area contributed by atoms with Crippen LogP contribution in [0.15, 0.2) is 67.3 Å². The first-order valence-electron chi connectivity index (χ1n) is 9.19. The molecule has 3 nitrogen and oxygen atoms in total. The summed E-state index contributed by atoms with van der Waals surface area (Å²) in [7, 11) is 0. The second kappa shape index (κ2) is 9.40. The summed E-state index contributed by atoms with van der Waals surface area (Å²) < 4.78 is 5.91. The molecule has 1 aliphatic heterocycles. The standard InChI is InChI=1S/C22H28N2O/c1-2-3-9-22(24-16-14-23-15-17-24)20-10-12-21(13-11-20)25-18-19-7-5-4-6-8-19/h2,4-8,10-13,22-23H,1,3,9,14-18H2/t22-/m0/s1. The number of nitrogens with zero attached hydrogens (tertiary/aromatic N) is 1. The zero-order chi connectivity index (χ0) is 17.3. The number of piperazine rings is 1. The van der Waals surface area contributed by atoms with Gasteiger partial charge in [0.15, 0.2) is 0 Å². The van der Waals surface area contributed by atoms with Crippen LogP contribution in [0.4, 0.5) is 0 Å². The zero-order valence-electron chi connectivity index (χ0n) is 14.9. The molecule has 0 unspecified atom stereocenters. The van der Waals surface area contributed by atoms with Crippen molar-refractivity contribution in [3.05, 3.63) is 78.4 Å². The van der Waals surface area contributed by atoms with Crippen molar-refractivity contribution in [2.24, 2.45) is 0 Å². The SMILES string of the molecule is C=CCC[C@@H](c1ccc(OCc2ccccc2)cc1)N1CCNCC1. The number of hydrogen-bond donors (Lipinski definition) is 1. The lowest BCUT2D eigenvalue weighted by Crippen LogP contribution is -2.45. The van der Waals surface area contributed by atoms with Gasteiger partial charge < -0.3 is 10.1 Å². The summed E-state index contributed by atoms with van der Waals surface area (Å²) >= 11 is 0. The highest BCUT2D eigenvalue weighted by Crippen LogP contribution is 2.28. The molecular weight excluding hydrogens is 308 g/mol. The molecule has 2 aromatic carbocycles. The maximum Gasteiger partial charge on any atom is 0.119 e. The van der Waals surface area contributed by atoms with Crippen molar-refractivity contribution < 1.29 is 4.74 Å². The van der Waals surface area contributed by atoms with Crippen LogP contribution in [0.3, 0.4) is 0 Å². The van der Waals surface area contributed by atoms with Crippen LogP contribution in [0.2, 0.25) is 0 Å². The quantitative estimate of drug-likeness (QED) is 0.732. The Kier molecular flexibility index (Phi) is 6.66. The van der Waals surface area contributed by atoms with E-state index in [0.717, 1.165) is 44.8 Å². The molecule has 0 radical (unpaired) electrons. The topological polar surface area (TPSA) is 24.5 Å². The predicted molar refractivity (Wildman–Crippen MR) is 104 cm³/mol. The van der Waals surface area contributed by atoms with Crippen LogP contribution in [0.25, 0.3) is 0 Å². The van der Waals surface area contributed by atoms with Crippen molar-refractivity contribution in [1.29, 1.82) is 0 Å². The van der Waals surface area contributed by atoms with Gasteiger partial charge in [0, 0.05) is 32.2 Å². The van der Waals surface area contributed by atoms with E-state index in [4.69, 9.17) is 4.74 Å². The molecule has 1 N–H and O–H groups in total. The fraction of sp³-hybridized carbons (Fsp3) is 0.364. The Balaban J connectivity index is 1.64. The summed E-state index contributed by atoms with van der Waals surface area (Å²) in [6, 6.07) is 19.4. The van der Waals surface area contributed by atoms with Gasteiger partial charge in [-0.25, -0.2) is 0 Å². The lowest BCUT2D eigenvalue weighted by Gasteiger charge is -2.35. The van der Waals surface area contributed by atoms with E-state index < -0.39 is 0 Å². The minimum absolute atomic E-state index is 0.461. The highest BCUT2D eigenvalue weighted by molar-refractivity contribution is 5.30. The molecule has 1 atom stereocenters. The molecule has 3 rings (SSSR count). The van der Waals surface area contributed by atoms with Crippen molar-refractivity contribution in [1.82, 2.24) is 10.2 Å². The molecule has 0 aliphatic carbocycles. The average Bonchev–Trinajstić information content (AvgIpc) is 2.69. The summed E-state index contributed by atoms with van der Waals surface area (Å²) in [5.74, 6) is 0.926. The van der Waals surface area contributed by atoms with Gasteiger partial charge in [0.1, 0.15) is 12.4 Å². The van der Waals surface area contributed by atoms with E-state index in [1.54, 1.807) is 0 Å². The van der Waals surface area contributed by atoms with Gasteiger partial charge in [-0.05, 0) is 36.1 Å². The van der Waals surface area contributed by atoms with Crippen LogP contribution in [-0.2, 0) is 6.61 Å². The minimum Gasteiger partial charge on any atom is -0.489 e. The van der Waals surface area contributed by atoms with Crippen LogP contribution in [-0.4, -0.2) is 31.1 Å². The van der Waals surface area contributed by atoms with Crippen molar-refractivity contribution in [3.8, 4) is 5.75 Å². The molecule has 1 saturated heterocycles. The molecule has 1 heterocycles. The monoisotopic (exact) mass is 336 g/mol. The van der Waals surface area contributed by atoms with Crippen molar-refractivity contribution in [2.45, 2.75) is 25.5 Å². The average molecular weight is 336 g/mol. The van der Waals surface area contributed by atoms with E-state index in [1.807, 2.05) is 24.3 Å². The summed E-state index contributed by atoms with van der Waals surface area (Å²) in [5, 5.41) is 3.44. The summed E-state index contributed by atoms with van der Waals surface area (Å²) in [6.07, 6.45) is 4.18. The number of rotatable bonds is 8. The molecule has 1 aliphatic rings. The van der Waals surface area contributed by atoms with E-state index in [1.165, 1.54) is 11.1 Å². The molecule has 25 heavy (non-hydrogen) atoms. The normalized spacial score (nSPS) is 16.3. The largest absolute Gasteiger partial charge is 0.489 e. The minimum atomic E-state index is 0.461. The zero-order valence-corrected chi connectivity index (χ0v) is 14.9. The lowest BCUT2D eigenvalue weighted by molar-refractivity contribution is 0.166. The summed E-state index contributed by atoms with van der Waals surface area (Å²) in [6.45, 7) is 8.85. The summed E-state index contributed by atoms with van der Waals surface area (Å²) in [5.41, 5.74) is 2.56. The maximum absolute atomic E-state index is 5.91. The molecule has 3 heteroatoms. The Morgan fingerprint density at radius 3 is 2.44 bits per heavy atom. The first kappa shape index (κ1) is 17.7. The molecule has 0 amide bonds. The smallest absolute Gasteiger partial charge is 0.119 e. The van der Waals surface area contributed by atoms with Crippen LogP contribution >= 0.6 is 0 Å². The van der Waals surface area contributed by atoms with Crippen LogP contribution < -0.4 is 10.1 Å². The molecule has 0 spiro atoms. The molecule has 2 aromatic rings. The van der Waals surface area contributed by atoms with Gasteiger partial charge in [0.05, 0.1) is 0 Å². The Bertz CT molecular complexity index is 633. The van der Waals surface area contributed by atoms with Gasteiger partial charge in [0.2, 0.25) is 0 Å². The summed E-state index contributed by atoms with van der Waals surface area (Å²) in [4.78, 5) is 2.58. The number of ether oxygens (including phenoxy) is 1. The Morgan fingerprint density at radius 1 is 1.04 bits per heavy atom. The van der Waals surface area contributed by atoms with Gasteiger partial charge in [-0.3, -0.25) is 4.90 Å². The Labute approximate surface area is 151 Å². The van der Waals surface area contributed by atoms with E-state index in [2.05, 4.69) is 53.2 Å². The molecule has 0 saturated carbocycles. The van der Waals surface area contributed by atoms with E-state index in [9.17, 15) is 0 Å². The van der Waals surface area contributed by atoms with E-state index in [0.29, 0.717) is 12.6 Å². The number of hydrogen-bond acceptors (Lipinski definition) is 3. The van der Waals surface area contributed by atoms with Gasteiger partial charge in [-0.2, -0.15) is 0 Å². The third-order valence-corrected chi connectivity index (χ3v) is 4.75. The van der Waals surface area contributed by atoms with Gasteiger partial charge in [-0.1, -0.05) is 48.5 Å². The Morgan fingerprint density at radius 2 is 1.76 bits per heavy atom. The number of benzene rings is 2. The van der Waals surface area contributed by atoms with E-state index >= 15 is 0 Å². The number of allylic oxidation sites excluding steroid dienone is 1. The molecule has 132 valence electrons. The predicted octanol–water partition coefficient (Wildman–Crippen LogP) is 4.18. The fourth-order valence-electron chi connectivity index (χ4n) is 3.36.